The molecule has 0 atom stereocenters. The van der Waals surface area contributed by atoms with E-state index < -0.39 is 20.9 Å². The quantitative estimate of drug-likeness (QED) is 0.127. The summed E-state index contributed by atoms with van der Waals surface area (Å²) < 4.78 is 36.1. The molecule has 0 spiro atoms. The molecule has 0 aromatic heterocycles. The highest BCUT2D eigenvalue weighted by Crippen LogP contribution is 2.39. The molecule has 10 nitrogen and oxygen atoms in total. The summed E-state index contributed by atoms with van der Waals surface area (Å²) in [6, 6.07) is 16.1. The molecule has 3 rings (SSSR count). The zero-order chi connectivity index (χ0) is 27.2. The Morgan fingerprint density at radius 3 is 2.51 bits per heavy atom. The van der Waals surface area contributed by atoms with Gasteiger partial charge in [-0.25, -0.2) is 0 Å². The van der Waals surface area contributed by atoms with Crippen molar-refractivity contribution in [3.8, 4) is 17.6 Å². The van der Waals surface area contributed by atoms with Gasteiger partial charge in [-0.15, -0.1) is 0 Å². The highest BCUT2D eigenvalue weighted by molar-refractivity contribution is 7.87. The highest BCUT2D eigenvalue weighted by atomic mass is 35.5. The minimum absolute atomic E-state index is 0.0346. The van der Waals surface area contributed by atoms with Crippen LogP contribution in [0.15, 0.2) is 71.1 Å². The van der Waals surface area contributed by atoms with Gasteiger partial charge in [0.05, 0.1) is 16.6 Å². The van der Waals surface area contributed by atoms with Crippen LogP contribution in [-0.2, 0) is 14.9 Å². The van der Waals surface area contributed by atoms with Gasteiger partial charge in [0.15, 0.2) is 5.75 Å². The number of hydrogen-bond acceptors (Lipinski definition) is 8. The average Bonchev–Trinajstić information content (AvgIpc) is 2.86. The van der Waals surface area contributed by atoms with Gasteiger partial charge in [0.1, 0.15) is 22.2 Å². The van der Waals surface area contributed by atoms with Crippen LogP contribution in [0.25, 0.3) is 6.08 Å². The fourth-order valence-corrected chi connectivity index (χ4v) is 4.44. The predicted octanol–water partition coefficient (Wildman–Crippen LogP) is 5.27. The van der Waals surface area contributed by atoms with E-state index in [1.807, 2.05) is 0 Å². The molecule has 0 heterocycles. The van der Waals surface area contributed by atoms with Gasteiger partial charge in [0.2, 0.25) is 5.75 Å². The maximum absolute atomic E-state index is 12.7. The number of nitro benzene ring substituents is 1. The van der Waals surface area contributed by atoms with Crippen molar-refractivity contribution in [1.29, 1.82) is 5.26 Å². The molecule has 1 N–H and O–H groups in total. The lowest BCUT2D eigenvalue weighted by atomic mass is 10.1. The molecule has 0 saturated carbocycles. The summed E-state index contributed by atoms with van der Waals surface area (Å²) in [4.78, 5) is 23.3. The van der Waals surface area contributed by atoms with E-state index in [9.17, 15) is 28.6 Å². The molecule has 190 valence electrons. The minimum atomic E-state index is -4.23. The first-order chi connectivity index (χ1) is 17.6. The number of nitriles is 1. The van der Waals surface area contributed by atoms with Crippen molar-refractivity contribution in [2.75, 3.05) is 11.9 Å². The number of carbonyl (C=O) groups is 1. The maximum Gasteiger partial charge on any atom is 0.339 e. The van der Waals surface area contributed by atoms with Crippen LogP contribution < -0.4 is 14.2 Å². The van der Waals surface area contributed by atoms with Crippen molar-refractivity contribution in [2.24, 2.45) is 0 Å². The molecule has 0 radical (unpaired) electrons. The van der Waals surface area contributed by atoms with Crippen LogP contribution in [0.2, 0.25) is 5.02 Å². The number of nitro groups is 1. The number of aryl methyl sites for hydroxylation is 1. The smallest absolute Gasteiger partial charge is 0.339 e. The molecule has 12 heteroatoms. The Bertz CT molecular complexity index is 1530. The van der Waals surface area contributed by atoms with Gasteiger partial charge in [-0.2, -0.15) is 13.7 Å². The van der Waals surface area contributed by atoms with Crippen LogP contribution in [0, 0.1) is 28.4 Å². The lowest BCUT2D eigenvalue weighted by Crippen LogP contribution is -2.14. The standard InChI is InChI=1S/C25H20ClN3O7S/c1-3-35-23-14-17(13-20(26)24(23)36-37(33,34)19-7-5-4-6-8-19)12-18(15-27)25(30)28-21-10-9-16(2)11-22(21)29(31)32/h4-14H,3H2,1-2H3,(H,28,30)/b18-12+. The third-order valence-electron chi connectivity index (χ3n) is 4.83. The molecule has 1 amide bonds. The summed E-state index contributed by atoms with van der Waals surface area (Å²) in [7, 11) is -4.23. The van der Waals surface area contributed by atoms with E-state index in [4.69, 9.17) is 20.5 Å². The number of nitrogens with one attached hydrogen (secondary N) is 1. The lowest BCUT2D eigenvalue weighted by Gasteiger charge is -2.14. The monoisotopic (exact) mass is 541 g/mol. The topological polar surface area (TPSA) is 149 Å². The number of amides is 1. The van der Waals surface area contributed by atoms with Crippen LogP contribution in [0.3, 0.4) is 0 Å². The molecule has 0 saturated heterocycles. The number of hydrogen-bond donors (Lipinski definition) is 1. The Kier molecular flexibility index (Phi) is 8.49. The van der Waals surface area contributed by atoms with Gasteiger partial charge in [0.25, 0.3) is 11.6 Å². The van der Waals surface area contributed by atoms with E-state index in [0.29, 0.717) is 5.56 Å². The Morgan fingerprint density at radius 2 is 1.89 bits per heavy atom. The molecule has 0 aliphatic rings. The largest absolute Gasteiger partial charge is 0.490 e. The van der Waals surface area contributed by atoms with Gasteiger partial charge < -0.3 is 14.2 Å². The van der Waals surface area contributed by atoms with Crippen molar-refractivity contribution in [3.63, 3.8) is 0 Å². The fraction of sp³-hybridized carbons (Fsp3) is 0.120. The summed E-state index contributed by atoms with van der Waals surface area (Å²) >= 11 is 6.31. The summed E-state index contributed by atoms with van der Waals surface area (Å²) in [5, 5.41) is 23.1. The number of rotatable bonds is 9. The Hall–Kier alpha value is -4.40. The summed E-state index contributed by atoms with van der Waals surface area (Å²) in [5.41, 5.74) is 0.0514. The van der Waals surface area contributed by atoms with Crippen LogP contribution in [-0.4, -0.2) is 25.9 Å². The van der Waals surface area contributed by atoms with E-state index in [1.54, 1.807) is 32.0 Å². The fourth-order valence-electron chi connectivity index (χ4n) is 3.16. The average molecular weight is 542 g/mol. The number of ether oxygens (including phenoxy) is 1. The van der Waals surface area contributed by atoms with Gasteiger partial charge in [-0.3, -0.25) is 14.9 Å². The second-order valence-electron chi connectivity index (χ2n) is 7.52. The van der Waals surface area contributed by atoms with Crippen molar-refractivity contribution in [1.82, 2.24) is 0 Å². The second-order valence-corrected chi connectivity index (χ2v) is 9.47. The molecule has 0 aliphatic carbocycles. The van der Waals surface area contributed by atoms with E-state index in [1.165, 1.54) is 54.6 Å². The van der Waals surface area contributed by atoms with Crippen molar-refractivity contribution < 1.29 is 27.1 Å². The van der Waals surface area contributed by atoms with Gasteiger partial charge in [-0.1, -0.05) is 35.9 Å². The van der Waals surface area contributed by atoms with E-state index >= 15 is 0 Å². The minimum Gasteiger partial charge on any atom is -0.490 e. The van der Waals surface area contributed by atoms with Crippen molar-refractivity contribution >= 4 is 45.1 Å². The SMILES string of the molecule is CCOc1cc(/C=C(\C#N)C(=O)Nc2ccc(C)cc2[N+](=O)[O-])cc(Cl)c1OS(=O)(=O)c1ccccc1. The Morgan fingerprint density at radius 1 is 1.19 bits per heavy atom. The Balaban J connectivity index is 1.96. The number of carbonyl (C=O) groups excluding carboxylic acids is 1. The molecular formula is C25H20ClN3O7S. The molecular weight excluding hydrogens is 522 g/mol. The first kappa shape index (κ1) is 27.2. The number of nitrogens with zero attached hydrogens (tertiary/aromatic N) is 2. The first-order valence-electron chi connectivity index (χ1n) is 10.7. The molecule has 0 aliphatic heterocycles. The highest BCUT2D eigenvalue weighted by Gasteiger charge is 2.23. The first-order valence-corrected chi connectivity index (χ1v) is 12.5. The Labute approximate surface area is 218 Å². The number of halogens is 1. The third-order valence-corrected chi connectivity index (χ3v) is 6.35. The number of benzene rings is 3. The lowest BCUT2D eigenvalue weighted by molar-refractivity contribution is -0.384. The molecule has 37 heavy (non-hydrogen) atoms. The number of anilines is 1. The van der Waals surface area contributed by atoms with Crippen LogP contribution >= 0.6 is 11.6 Å². The zero-order valence-electron chi connectivity index (χ0n) is 19.6. The molecule has 0 fully saturated rings. The van der Waals surface area contributed by atoms with Crippen LogP contribution in [0.1, 0.15) is 18.1 Å². The predicted molar refractivity (Wildman–Crippen MR) is 137 cm³/mol. The van der Waals surface area contributed by atoms with Crippen LogP contribution in [0.5, 0.6) is 11.5 Å². The molecule has 0 unspecified atom stereocenters. The van der Waals surface area contributed by atoms with Gasteiger partial charge in [-0.05, 0) is 61.4 Å². The summed E-state index contributed by atoms with van der Waals surface area (Å²) in [5.74, 6) is -1.19. The molecule has 0 bridgehead atoms. The third kappa shape index (κ3) is 6.63. The zero-order valence-corrected chi connectivity index (χ0v) is 21.2. The maximum atomic E-state index is 12.7. The van der Waals surface area contributed by atoms with Gasteiger partial charge in [0, 0.05) is 6.07 Å². The van der Waals surface area contributed by atoms with Crippen molar-refractivity contribution in [3.05, 3.63) is 92.5 Å². The van der Waals surface area contributed by atoms with Crippen molar-refractivity contribution in [2.45, 2.75) is 18.7 Å². The van der Waals surface area contributed by atoms with E-state index in [0.717, 1.165) is 0 Å². The van der Waals surface area contributed by atoms with Gasteiger partial charge >= 0.3 is 10.1 Å². The van der Waals surface area contributed by atoms with E-state index in [-0.39, 0.29) is 50.5 Å². The second kappa shape index (κ2) is 11.6. The summed E-state index contributed by atoms with van der Waals surface area (Å²) in [6.07, 6.45) is 1.18. The van der Waals surface area contributed by atoms with Crippen LogP contribution in [0.4, 0.5) is 11.4 Å². The molecule has 3 aromatic rings. The molecule has 3 aromatic carbocycles. The normalized spacial score (nSPS) is 11.4. The summed E-state index contributed by atoms with van der Waals surface area (Å²) in [6.45, 7) is 3.46. The van der Waals surface area contributed by atoms with E-state index in [2.05, 4.69) is 5.32 Å².